The Morgan fingerprint density at radius 1 is 1.03 bits per heavy atom. The summed E-state index contributed by atoms with van der Waals surface area (Å²) in [5.74, 6) is 0.0851. The van der Waals surface area contributed by atoms with Gasteiger partial charge in [0.2, 0.25) is 11.1 Å². The minimum atomic E-state index is -0.345. The molecule has 0 unspecified atom stereocenters. The van der Waals surface area contributed by atoms with Crippen LogP contribution in [-0.4, -0.2) is 36.5 Å². The fraction of sp³-hybridized carbons (Fsp3) is 0.105. The van der Waals surface area contributed by atoms with Gasteiger partial charge in [0, 0.05) is 22.2 Å². The van der Waals surface area contributed by atoms with E-state index in [9.17, 15) is 9.59 Å². The number of carbonyl (C=O) groups excluding carboxylic acids is 1. The SMILES string of the molecule is O=C(CSc1nnc2[nH]c(=O)c(Cc3ccc(Cl)cc3)nn12)Nc1ccc(Cl)cc1. The monoisotopic (exact) mass is 460 g/mol. The molecule has 1 amide bonds. The molecular formula is C19H14Cl2N6O2S. The second-order valence-electron chi connectivity index (χ2n) is 6.27. The number of amides is 1. The predicted octanol–water partition coefficient (Wildman–Crippen LogP) is 3.44. The average molecular weight is 461 g/mol. The quantitative estimate of drug-likeness (QED) is 0.427. The van der Waals surface area contributed by atoms with Crippen molar-refractivity contribution in [1.82, 2.24) is 24.8 Å². The first kappa shape index (κ1) is 20.4. The number of H-pyrrole nitrogens is 1. The van der Waals surface area contributed by atoms with E-state index in [1.54, 1.807) is 36.4 Å². The summed E-state index contributed by atoms with van der Waals surface area (Å²) in [5.41, 5.74) is 1.49. The molecule has 0 aliphatic rings. The Morgan fingerprint density at radius 3 is 2.40 bits per heavy atom. The molecule has 4 rings (SSSR count). The van der Waals surface area contributed by atoms with Crippen molar-refractivity contribution in [2.24, 2.45) is 0 Å². The highest BCUT2D eigenvalue weighted by atomic mass is 35.5. The number of thioether (sulfide) groups is 1. The van der Waals surface area contributed by atoms with Gasteiger partial charge < -0.3 is 5.32 Å². The zero-order valence-electron chi connectivity index (χ0n) is 15.3. The van der Waals surface area contributed by atoms with E-state index in [-0.39, 0.29) is 23.0 Å². The molecule has 4 aromatic rings. The smallest absolute Gasteiger partial charge is 0.274 e. The number of halogens is 2. The van der Waals surface area contributed by atoms with Gasteiger partial charge in [-0.1, -0.05) is 47.1 Å². The Balaban J connectivity index is 1.48. The van der Waals surface area contributed by atoms with Crippen LogP contribution in [0.25, 0.3) is 5.78 Å². The number of carbonyl (C=O) groups is 1. The van der Waals surface area contributed by atoms with Crippen LogP contribution >= 0.6 is 35.0 Å². The summed E-state index contributed by atoms with van der Waals surface area (Å²) < 4.78 is 1.42. The molecule has 0 atom stereocenters. The zero-order chi connectivity index (χ0) is 21.1. The molecule has 0 bridgehead atoms. The second kappa shape index (κ2) is 8.86. The zero-order valence-corrected chi connectivity index (χ0v) is 17.6. The molecule has 8 nitrogen and oxygen atoms in total. The van der Waals surface area contributed by atoms with Crippen molar-refractivity contribution in [3.8, 4) is 0 Å². The number of benzene rings is 2. The minimum absolute atomic E-state index is 0.0940. The number of nitrogens with zero attached hydrogens (tertiary/aromatic N) is 4. The van der Waals surface area contributed by atoms with Crippen molar-refractivity contribution in [2.75, 3.05) is 11.1 Å². The van der Waals surface area contributed by atoms with Crippen LogP contribution < -0.4 is 10.9 Å². The Labute approximate surface area is 184 Å². The van der Waals surface area contributed by atoms with Crippen molar-refractivity contribution in [1.29, 1.82) is 0 Å². The second-order valence-corrected chi connectivity index (χ2v) is 8.08. The van der Waals surface area contributed by atoms with Gasteiger partial charge in [0.1, 0.15) is 5.69 Å². The molecule has 0 radical (unpaired) electrons. The van der Waals surface area contributed by atoms with E-state index >= 15 is 0 Å². The first-order valence-electron chi connectivity index (χ1n) is 8.75. The van der Waals surface area contributed by atoms with Gasteiger partial charge in [-0.05, 0) is 42.0 Å². The molecule has 0 fully saturated rings. The van der Waals surface area contributed by atoms with E-state index in [2.05, 4.69) is 25.6 Å². The van der Waals surface area contributed by atoms with Crippen LogP contribution in [0, 0.1) is 0 Å². The lowest BCUT2D eigenvalue weighted by Gasteiger charge is -2.05. The van der Waals surface area contributed by atoms with Crippen LogP contribution in [0.3, 0.4) is 0 Å². The summed E-state index contributed by atoms with van der Waals surface area (Å²) in [4.78, 5) is 27.2. The van der Waals surface area contributed by atoms with Crippen molar-refractivity contribution >= 4 is 52.3 Å². The van der Waals surface area contributed by atoms with E-state index in [0.717, 1.165) is 17.3 Å². The lowest BCUT2D eigenvalue weighted by atomic mass is 10.1. The topological polar surface area (TPSA) is 105 Å². The predicted molar refractivity (Wildman–Crippen MR) is 116 cm³/mol. The summed E-state index contributed by atoms with van der Waals surface area (Å²) >= 11 is 12.9. The maximum absolute atomic E-state index is 12.3. The highest BCUT2D eigenvalue weighted by molar-refractivity contribution is 7.99. The van der Waals surface area contributed by atoms with Gasteiger partial charge in [0.05, 0.1) is 5.75 Å². The van der Waals surface area contributed by atoms with Crippen molar-refractivity contribution in [3.05, 3.63) is 80.2 Å². The van der Waals surface area contributed by atoms with Crippen molar-refractivity contribution < 1.29 is 4.79 Å². The molecule has 0 saturated carbocycles. The van der Waals surface area contributed by atoms with E-state index in [4.69, 9.17) is 23.2 Å². The number of nitrogens with one attached hydrogen (secondary N) is 2. The van der Waals surface area contributed by atoms with E-state index in [0.29, 0.717) is 33.0 Å². The Kier molecular flexibility index (Phi) is 6.03. The molecule has 30 heavy (non-hydrogen) atoms. The van der Waals surface area contributed by atoms with Gasteiger partial charge in [-0.25, -0.2) is 0 Å². The lowest BCUT2D eigenvalue weighted by molar-refractivity contribution is -0.113. The van der Waals surface area contributed by atoms with Gasteiger partial charge in [-0.3, -0.25) is 14.6 Å². The standard InChI is InChI=1S/C19H14Cl2N6O2S/c20-12-3-1-11(2-4-12)9-15-17(29)23-18-24-25-19(27(18)26-15)30-10-16(28)22-14-7-5-13(21)6-8-14/h1-8H,9-10H2,(H,22,28)(H,23,24,29). The number of fused-ring (bicyclic) bond motifs is 1. The Hall–Kier alpha value is -2.88. The largest absolute Gasteiger partial charge is 0.325 e. The molecule has 0 aliphatic carbocycles. The summed E-state index contributed by atoms with van der Waals surface area (Å²) in [6.45, 7) is 0. The number of aromatic amines is 1. The Morgan fingerprint density at radius 2 is 1.70 bits per heavy atom. The highest BCUT2D eigenvalue weighted by Gasteiger charge is 2.14. The van der Waals surface area contributed by atoms with Gasteiger partial charge >= 0.3 is 0 Å². The van der Waals surface area contributed by atoms with Crippen LogP contribution in [0.2, 0.25) is 10.0 Å². The van der Waals surface area contributed by atoms with Crippen molar-refractivity contribution in [3.63, 3.8) is 0 Å². The van der Waals surface area contributed by atoms with Crippen LogP contribution in [-0.2, 0) is 11.2 Å². The van der Waals surface area contributed by atoms with Gasteiger partial charge in [-0.15, -0.1) is 10.2 Å². The third-order valence-electron chi connectivity index (χ3n) is 4.07. The third kappa shape index (κ3) is 4.81. The maximum Gasteiger partial charge on any atom is 0.274 e. The van der Waals surface area contributed by atoms with Gasteiger partial charge in [0.15, 0.2) is 0 Å². The molecule has 0 spiro atoms. The van der Waals surface area contributed by atoms with E-state index < -0.39 is 0 Å². The van der Waals surface area contributed by atoms with Crippen LogP contribution in [0.5, 0.6) is 0 Å². The summed E-state index contributed by atoms with van der Waals surface area (Å²) in [6.07, 6.45) is 0.321. The Bertz CT molecular complexity index is 1260. The molecule has 2 aromatic carbocycles. The first-order valence-corrected chi connectivity index (χ1v) is 10.5. The number of anilines is 1. The highest BCUT2D eigenvalue weighted by Crippen LogP contribution is 2.17. The van der Waals surface area contributed by atoms with Crippen LogP contribution in [0.15, 0.2) is 58.5 Å². The molecule has 2 heterocycles. The van der Waals surface area contributed by atoms with Gasteiger partial charge in [0.25, 0.3) is 11.3 Å². The summed E-state index contributed by atoms with van der Waals surface area (Å²) in [5, 5.41) is 16.7. The third-order valence-corrected chi connectivity index (χ3v) is 5.49. The number of rotatable bonds is 6. The fourth-order valence-corrected chi connectivity index (χ4v) is 3.57. The summed E-state index contributed by atoms with van der Waals surface area (Å²) in [7, 11) is 0. The molecule has 2 aromatic heterocycles. The van der Waals surface area contributed by atoms with Crippen molar-refractivity contribution in [2.45, 2.75) is 11.6 Å². The molecule has 0 saturated heterocycles. The molecule has 0 aliphatic heterocycles. The number of aromatic nitrogens is 5. The molecule has 11 heteroatoms. The molecule has 152 valence electrons. The van der Waals surface area contributed by atoms with E-state index in [1.165, 1.54) is 4.52 Å². The van der Waals surface area contributed by atoms with Crippen LogP contribution in [0.4, 0.5) is 5.69 Å². The number of hydrogen-bond acceptors (Lipinski definition) is 6. The first-order chi connectivity index (χ1) is 14.5. The van der Waals surface area contributed by atoms with E-state index in [1.807, 2.05) is 12.1 Å². The number of hydrogen-bond donors (Lipinski definition) is 2. The van der Waals surface area contributed by atoms with Crippen LogP contribution in [0.1, 0.15) is 11.3 Å². The summed E-state index contributed by atoms with van der Waals surface area (Å²) in [6, 6.07) is 14.0. The minimum Gasteiger partial charge on any atom is -0.325 e. The average Bonchev–Trinajstić information content (AvgIpc) is 3.11. The normalized spacial score (nSPS) is 11.0. The fourth-order valence-electron chi connectivity index (χ4n) is 2.63. The van der Waals surface area contributed by atoms with Gasteiger partial charge in [-0.2, -0.15) is 9.61 Å². The maximum atomic E-state index is 12.3. The molecule has 2 N–H and O–H groups in total. The molecular weight excluding hydrogens is 447 g/mol. The lowest BCUT2D eigenvalue weighted by Crippen LogP contribution is -2.19.